The Morgan fingerprint density at radius 3 is 2.52 bits per heavy atom. The summed E-state index contributed by atoms with van der Waals surface area (Å²) >= 11 is 1.14. The normalized spacial score (nSPS) is 11.2. The zero-order valence-electron chi connectivity index (χ0n) is 11.8. The van der Waals surface area contributed by atoms with Gasteiger partial charge in [0, 0.05) is 25.9 Å². The summed E-state index contributed by atoms with van der Waals surface area (Å²) in [5, 5.41) is 2.69. The Labute approximate surface area is 123 Å². The SMILES string of the molecule is Cc1c(C(=O)c2c[nH]n(C)c2=O)ccc2sc(=O)n(C)c12. The summed E-state index contributed by atoms with van der Waals surface area (Å²) in [4.78, 5) is 36.1. The van der Waals surface area contributed by atoms with Crippen molar-refractivity contribution in [3.8, 4) is 0 Å². The molecule has 0 saturated heterocycles. The maximum absolute atomic E-state index is 12.5. The molecule has 0 spiro atoms. The molecular weight excluding hydrogens is 290 g/mol. The number of aryl methyl sites for hydroxylation is 3. The van der Waals surface area contributed by atoms with Crippen molar-refractivity contribution in [2.45, 2.75) is 6.92 Å². The van der Waals surface area contributed by atoms with Gasteiger partial charge in [0.05, 0.1) is 10.2 Å². The van der Waals surface area contributed by atoms with Crippen LogP contribution in [0.3, 0.4) is 0 Å². The lowest BCUT2D eigenvalue weighted by Gasteiger charge is -2.06. The lowest BCUT2D eigenvalue weighted by Crippen LogP contribution is -2.20. The molecule has 0 unspecified atom stereocenters. The Hall–Kier alpha value is -2.41. The van der Waals surface area contributed by atoms with E-state index in [2.05, 4.69) is 5.10 Å². The third-order valence-electron chi connectivity index (χ3n) is 3.63. The predicted molar refractivity (Wildman–Crippen MR) is 81.3 cm³/mol. The van der Waals surface area contributed by atoms with Crippen molar-refractivity contribution >= 4 is 27.3 Å². The molecule has 21 heavy (non-hydrogen) atoms. The summed E-state index contributed by atoms with van der Waals surface area (Å²) in [5.74, 6) is -0.338. The van der Waals surface area contributed by atoms with Crippen LogP contribution >= 0.6 is 11.3 Å². The minimum Gasteiger partial charge on any atom is -0.302 e. The zero-order valence-corrected chi connectivity index (χ0v) is 12.6. The van der Waals surface area contributed by atoms with E-state index in [4.69, 9.17) is 0 Å². The van der Waals surface area contributed by atoms with E-state index in [9.17, 15) is 14.4 Å². The van der Waals surface area contributed by atoms with E-state index in [-0.39, 0.29) is 21.8 Å². The average Bonchev–Trinajstić information content (AvgIpc) is 2.92. The first kappa shape index (κ1) is 13.6. The Morgan fingerprint density at radius 1 is 1.19 bits per heavy atom. The van der Waals surface area contributed by atoms with E-state index < -0.39 is 0 Å². The number of aromatic nitrogens is 3. The number of carbonyl (C=O) groups is 1. The fourth-order valence-electron chi connectivity index (χ4n) is 2.44. The fourth-order valence-corrected chi connectivity index (χ4v) is 3.38. The van der Waals surface area contributed by atoms with Gasteiger partial charge in [0.1, 0.15) is 5.56 Å². The summed E-state index contributed by atoms with van der Waals surface area (Å²) < 4.78 is 3.61. The van der Waals surface area contributed by atoms with E-state index in [1.807, 2.05) is 0 Å². The van der Waals surface area contributed by atoms with E-state index in [1.165, 1.54) is 15.4 Å². The molecule has 6 nitrogen and oxygen atoms in total. The van der Waals surface area contributed by atoms with Crippen molar-refractivity contribution in [1.29, 1.82) is 0 Å². The number of H-pyrrole nitrogens is 1. The first-order chi connectivity index (χ1) is 9.91. The molecule has 3 aromatic rings. The van der Waals surface area contributed by atoms with Crippen LogP contribution < -0.4 is 10.4 Å². The second-order valence-electron chi connectivity index (χ2n) is 4.89. The minimum atomic E-state index is -0.362. The molecule has 2 heterocycles. The van der Waals surface area contributed by atoms with Gasteiger partial charge in [-0.05, 0) is 24.6 Å². The second kappa shape index (κ2) is 4.56. The topological polar surface area (TPSA) is 76.9 Å². The Kier molecular flexibility index (Phi) is 2.94. The average molecular weight is 303 g/mol. The molecular formula is C14H13N3O3S. The fraction of sp³-hybridized carbons (Fsp3) is 0.214. The molecule has 1 aromatic carbocycles. The summed E-state index contributed by atoms with van der Waals surface area (Å²) in [6, 6.07) is 3.42. The largest absolute Gasteiger partial charge is 0.307 e. The highest BCUT2D eigenvalue weighted by Crippen LogP contribution is 2.24. The highest BCUT2D eigenvalue weighted by atomic mass is 32.1. The van der Waals surface area contributed by atoms with Crippen molar-refractivity contribution in [3.63, 3.8) is 0 Å². The number of nitrogens with zero attached hydrogens (tertiary/aromatic N) is 2. The van der Waals surface area contributed by atoms with Crippen LogP contribution in [0.1, 0.15) is 21.5 Å². The van der Waals surface area contributed by atoms with Crippen LogP contribution in [0.5, 0.6) is 0 Å². The van der Waals surface area contributed by atoms with Crippen LogP contribution in [-0.2, 0) is 14.1 Å². The van der Waals surface area contributed by atoms with Gasteiger partial charge in [-0.15, -0.1) is 0 Å². The van der Waals surface area contributed by atoms with E-state index in [0.29, 0.717) is 11.1 Å². The second-order valence-corrected chi connectivity index (χ2v) is 5.89. The molecule has 0 fully saturated rings. The highest BCUT2D eigenvalue weighted by molar-refractivity contribution is 7.16. The van der Waals surface area contributed by atoms with Crippen molar-refractivity contribution in [2.24, 2.45) is 14.1 Å². The smallest absolute Gasteiger partial charge is 0.302 e. The first-order valence-corrected chi connectivity index (χ1v) is 7.11. The number of hydrogen-bond acceptors (Lipinski definition) is 4. The van der Waals surface area contributed by atoms with Gasteiger partial charge >= 0.3 is 4.87 Å². The Bertz CT molecular complexity index is 987. The summed E-state index contributed by atoms with van der Waals surface area (Å²) in [6.45, 7) is 1.79. The molecule has 3 rings (SSSR count). The lowest BCUT2D eigenvalue weighted by atomic mass is 10.00. The number of nitrogens with one attached hydrogen (secondary N) is 1. The van der Waals surface area contributed by atoms with Crippen LogP contribution in [-0.4, -0.2) is 20.1 Å². The maximum atomic E-state index is 12.5. The molecule has 0 atom stereocenters. The van der Waals surface area contributed by atoms with Crippen molar-refractivity contribution in [1.82, 2.24) is 14.3 Å². The van der Waals surface area contributed by atoms with E-state index in [0.717, 1.165) is 21.6 Å². The third kappa shape index (κ3) is 1.89. The van der Waals surface area contributed by atoms with Gasteiger partial charge in [-0.2, -0.15) is 0 Å². The molecule has 0 aliphatic heterocycles. The maximum Gasteiger partial charge on any atom is 0.307 e. The number of hydrogen-bond donors (Lipinski definition) is 1. The summed E-state index contributed by atoms with van der Waals surface area (Å²) in [6.07, 6.45) is 1.40. The van der Waals surface area contributed by atoms with Gasteiger partial charge < -0.3 is 9.67 Å². The van der Waals surface area contributed by atoms with E-state index in [1.54, 1.807) is 33.2 Å². The number of ketones is 1. The standard InChI is InChI=1S/C14H13N3O3S/c1-7-8(12(18)9-6-15-17(3)13(9)19)4-5-10-11(7)16(2)14(20)21-10/h4-6,15H,1-3H3. The lowest BCUT2D eigenvalue weighted by molar-refractivity contribution is 0.103. The molecule has 2 aromatic heterocycles. The molecule has 0 aliphatic rings. The number of benzene rings is 1. The van der Waals surface area contributed by atoms with Crippen molar-refractivity contribution in [3.05, 3.63) is 55.0 Å². The predicted octanol–water partition coefficient (Wildman–Crippen LogP) is 1.17. The molecule has 0 saturated carbocycles. The first-order valence-electron chi connectivity index (χ1n) is 6.30. The number of thiazole rings is 1. The van der Waals surface area contributed by atoms with Crippen molar-refractivity contribution < 1.29 is 4.79 Å². The Balaban J connectivity index is 2.26. The Morgan fingerprint density at radius 2 is 1.90 bits per heavy atom. The van der Waals surface area contributed by atoms with Gasteiger partial charge in [-0.25, -0.2) is 0 Å². The van der Waals surface area contributed by atoms with Gasteiger partial charge in [-0.1, -0.05) is 11.3 Å². The van der Waals surface area contributed by atoms with Gasteiger partial charge in [0.2, 0.25) is 5.78 Å². The molecule has 0 radical (unpaired) electrons. The zero-order chi connectivity index (χ0) is 15.3. The van der Waals surface area contributed by atoms with Gasteiger partial charge in [0.15, 0.2) is 0 Å². The highest BCUT2D eigenvalue weighted by Gasteiger charge is 2.20. The molecule has 1 N–H and O–H groups in total. The number of fused-ring (bicyclic) bond motifs is 1. The monoisotopic (exact) mass is 303 g/mol. The van der Waals surface area contributed by atoms with Gasteiger partial charge in [0.25, 0.3) is 5.56 Å². The molecule has 7 heteroatoms. The molecule has 0 aliphatic carbocycles. The van der Waals surface area contributed by atoms with Crippen LogP contribution in [0.25, 0.3) is 10.2 Å². The molecule has 0 bridgehead atoms. The number of aromatic amines is 1. The summed E-state index contributed by atoms with van der Waals surface area (Å²) in [7, 11) is 3.23. The van der Waals surface area contributed by atoms with Crippen LogP contribution in [0, 0.1) is 6.92 Å². The number of rotatable bonds is 2. The van der Waals surface area contributed by atoms with Crippen LogP contribution in [0.2, 0.25) is 0 Å². The summed E-state index contributed by atoms with van der Waals surface area (Å²) in [5.41, 5.74) is 1.62. The van der Waals surface area contributed by atoms with E-state index >= 15 is 0 Å². The number of carbonyl (C=O) groups excluding carboxylic acids is 1. The minimum absolute atomic E-state index is 0.0738. The van der Waals surface area contributed by atoms with Crippen LogP contribution in [0.4, 0.5) is 0 Å². The quantitative estimate of drug-likeness (QED) is 0.722. The molecule has 108 valence electrons. The third-order valence-corrected chi connectivity index (χ3v) is 4.63. The van der Waals surface area contributed by atoms with Crippen molar-refractivity contribution in [2.75, 3.05) is 0 Å². The van der Waals surface area contributed by atoms with Gasteiger partial charge in [-0.3, -0.25) is 19.1 Å². The van der Waals surface area contributed by atoms with Crippen LogP contribution in [0.15, 0.2) is 27.9 Å². The molecule has 0 amide bonds.